The van der Waals surface area contributed by atoms with E-state index in [9.17, 15) is 4.79 Å². The molecular weight excluding hydrogens is 240 g/mol. The van der Waals surface area contributed by atoms with Gasteiger partial charge in [-0.2, -0.15) is 0 Å². The Morgan fingerprint density at radius 2 is 2.06 bits per heavy atom. The number of furan rings is 1. The molecule has 0 fully saturated rings. The molecule has 0 aliphatic heterocycles. The van der Waals surface area contributed by atoms with Gasteiger partial charge in [-0.15, -0.1) is 0 Å². The first kappa shape index (κ1) is 12.0. The van der Waals surface area contributed by atoms with Gasteiger partial charge in [0.15, 0.2) is 5.58 Å². The van der Waals surface area contributed by atoms with Crippen LogP contribution in [-0.2, 0) is 4.74 Å². The van der Waals surface area contributed by atoms with Crippen molar-refractivity contribution in [3.8, 4) is 0 Å². The van der Waals surface area contributed by atoms with Gasteiger partial charge in [0.25, 0.3) is 0 Å². The molecular formula is C13H13ClO3. The third-order valence-electron chi connectivity index (χ3n) is 2.10. The van der Waals surface area contributed by atoms with Crippen LogP contribution < -0.4 is 0 Å². The van der Waals surface area contributed by atoms with E-state index in [0.717, 1.165) is 5.39 Å². The van der Waals surface area contributed by atoms with Crippen molar-refractivity contribution in [3.63, 3.8) is 0 Å². The zero-order valence-electron chi connectivity index (χ0n) is 9.91. The van der Waals surface area contributed by atoms with Gasteiger partial charge in [0.05, 0.1) is 5.02 Å². The van der Waals surface area contributed by atoms with Gasteiger partial charge in [0, 0.05) is 5.39 Å². The second-order valence-corrected chi connectivity index (χ2v) is 5.18. The first-order valence-electron chi connectivity index (χ1n) is 5.28. The fraction of sp³-hybridized carbons (Fsp3) is 0.308. The zero-order chi connectivity index (χ0) is 12.6. The van der Waals surface area contributed by atoms with Crippen LogP contribution in [0.2, 0.25) is 5.02 Å². The summed E-state index contributed by atoms with van der Waals surface area (Å²) in [4.78, 5) is 11.8. The maximum Gasteiger partial charge on any atom is 0.374 e. The quantitative estimate of drug-likeness (QED) is 0.719. The highest BCUT2D eigenvalue weighted by Gasteiger charge is 2.21. The summed E-state index contributed by atoms with van der Waals surface area (Å²) < 4.78 is 10.6. The van der Waals surface area contributed by atoms with E-state index in [4.69, 9.17) is 20.8 Å². The van der Waals surface area contributed by atoms with Crippen LogP contribution in [0, 0.1) is 0 Å². The molecule has 0 amide bonds. The van der Waals surface area contributed by atoms with Crippen molar-refractivity contribution in [3.05, 3.63) is 35.0 Å². The summed E-state index contributed by atoms with van der Waals surface area (Å²) in [5, 5.41) is 1.27. The number of hydrogen-bond donors (Lipinski definition) is 0. The normalized spacial score (nSPS) is 11.8. The first-order chi connectivity index (χ1) is 7.87. The molecule has 3 nitrogen and oxygen atoms in total. The molecule has 4 heteroatoms. The average Bonchev–Trinajstić information content (AvgIpc) is 2.60. The molecule has 0 atom stereocenters. The largest absolute Gasteiger partial charge is 0.454 e. The summed E-state index contributed by atoms with van der Waals surface area (Å²) in [7, 11) is 0. The van der Waals surface area contributed by atoms with Crippen molar-refractivity contribution >= 4 is 28.5 Å². The fourth-order valence-electron chi connectivity index (χ4n) is 1.46. The molecule has 90 valence electrons. The van der Waals surface area contributed by atoms with E-state index in [1.165, 1.54) is 0 Å². The summed E-state index contributed by atoms with van der Waals surface area (Å²) in [5.41, 5.74) is -0.0325. The molecule has 0 aliphatic rings. The van der Waals surface area contributed by atoms with Crippen molar-refractivity contribution in [2.45, 2.75) is 26.4 Å². The molecule has 0 saturated carbocycles. The van der Waals surface area contributed by atoms with Crippen LogP contribution in [0.25, 0.3) is 11.0 Å². The minimum absolute atomic E-state index is 0.169. The first-order valence-corrected chi connectivity index (χ1v) is 5.66. The van der Waals surface area contributed by atoms with Crippen molar-refractivity contribution in [2.24, 2.45) is 0 Å². The number of benzene rings is 1. The predicted octanol–water partition coefficient (Wildman–Crippen LogP) is 4.04. The molecule has 1 heterocycles. The SMILES string of the molecule is CC(C)(C)OC(=O)c1cc2cccc(Cl)c2o1. The van der Waals surface area contributed by atoms with Gasteiger partial charge < -0.3 is 9.15 Å². The maximum atomic E-state index is 11.8. The molecule has 17 heavy (non-hydrogen) atoms. The molecule has 0 spiro atoms. The van der Waals surface area contributed by atoms with E-state index in [1.807, 2.05) is 6.07 Å². The molecule has 2 rings (SSSR count). The number of carbonyl (C=O) groups is 1. The molecule has 1 aromatic heterocycles. The van der Waals surface area contributed by atoms with Gasteiger partial charge in [-0.05, 0) is 32.9 Å². The standard InChI is InChI=1S/C13H13ClO3/c1-13(2,3)17-12(15)10-7-8-5-4-6-9(14)11(8)16-10/h4-7H,1-3H3. The molecule has 0 radical (unpaired) electrons. The Morgan fingerprint density at radius 1 is 1.35 bits per heavy atom. The second-order valence-electron chi connectivity index (χ2n) is 4.77. The van der Waals surface area contributed by atoms with Crippen LogP contribution in [0.4, 0.5) is 0 Å². The number of esters is 1. The van der Waals surface area contributed by atoms with E-state index >= 15 is 0 Å². The average molecular weight is 253 g/mol. The van der Waals surface area contributed by atoms with Crippen LogP contribution >= 0.6 is 11.6 Å². The van der Waals surface area contributed by atoms with Crippen LogP contribution in [0.3, 0.4) is 0 Å². The number of rotatable bonds is 1. The van der Waals surface area contributed by atoms with Crippen molar-refractivity contribution < 1.29 is 13.9 Å². The molecule has 1 aromatic carbocycles. The highest BCUT2D eigenvalue weighted by Crippen LogP contribution is 2.27. The Bertz CT molecular complexity index is 564. The van der Waals surface area contributed by atoms with Gasteiger partial charge in [0.2, 0.25) is 5.76 Å². The number of carbonyl (C=O) groups excluding carboxylic acids is 1. The summed E-state index contributed by atoms with van der Waals surface area (Å²) in [6.07, 6.45) is 0. The molecule has 0 aliphatic carbocycles. The van der Waals surface area contributed by atoms with Gasteiger partial charge in [-0.25, -0.2) is 4.79 Å². The highest BCUT2D eigenvalue weighted by molar-refractivity contribution is 6.34. The van der Waals surface area contributed by atoms with E-state index in [2.05, 4.69) is 0 Å². The van der Waals surface area contributed by atoms with Crippen molar-refractivity contribution in [1.29, 1.82) is 0 Å². The number of ether oxygens (including phenoxy) is 1. The number of para-hydroxylation sites is 1. The Kier molecular flexibility index (Phi) is 2.87. The number of halogens is 1. The Labute approximate surface area is 104 Å². The third-order valence-corrected chi connectivity index (χ3v) is 2.39. The fourth-order valence-corrected chi connectivity index (χ4v) is 1.68. The zero-order valence-corrected chi connectivity index (χ0v) is 10.7. The van der Waals surface area contributed by atoms with Crippen LogP contribution in [0.5, 0.6) is 0 Å². The lowest BCUT2D eigenvalue weighted by atomic mass is 10.2. The lowest BCUT2D eigenvalue weighted by Crippen LogP contribution is -2.23. The second kappa shape index (κ2) is 4.08. The molecule has 0 unspecified atom stereocenters. The number of hydrogen-bond acceptors (Lipinski definition) is 3. The van der Waals surface area contributed by atoms with Gasteiger partial charge in [-0.3, -0.25) is 0 Å². The van der Waals surface area contributed by atoms with Crippen LogP contribution in [0.1, 0.15) is 31.3 Å². The Morgan fingerprint density at radius 3 is 2.65 bits per heavy atom. The van der Waals surface area contributed by atoms with Crippen LogP contribution in [0.15, 0.2) is 28.7 Å². The molecule has 0 bridgehead atoms. The predicted molar refractivity (Wildman–Crippen MR) is 66.4 cm³/mol. The van der Waals surface area contributed by atoms with Crippen molar-refractivity contribution in [2.75, 3.05) is 0 Å². The maximum absolute atomic E-state index is 11.8. The molecule has 0 N–H and O–H groups in total. The summed E-state index contributed by atoms with van der Waals surface area (Å²) in [6.45, 7) is 5.42. The highest BCUT2D eigenvalue weighted by atomic mass is 35.5. The van der Waals surface area contributed by atoms with Crippen LogP contribution in [-0.4, -0.2) is 11.6 Å². The van der Waals surface area contributed by atoms with E-state index < -0.39 is 11.6 Å². The van der Waals surface area contributed by atoms with E-state index in [1.54, 1.807) is 39.0 Å². The third kappa shape index (κ3) is 2.61. The Balaban J connectivity index is 2.37. The topological polar surface area (TPSA) is 39.4 Å². The van der Waals surface area contributed by atoms with Gasteiger partial charge in [0.1, 0.15) is 5.60 Å². The Hall–Kier alpha value is -1.48. The minimum atomic E-state index is -0.542. The van der Waals surface area contributed by atoms with Gasteiger partial charge in [-0.1, -0.05) is 23.7 Å². The van der Waals surface area contributed by atoms with Gasteiger partial charge >= 0.3 is 5.97 Å². The lowest BCUT2D eigenvalue weighted by Gasteiger charge is -2.18. The summed E-state index contributed by atoms with van der Waals surface area (Å²) >= 11 is 5.96. The molecule has 0 saturated heterocycles. The number of fused-ring (bicyclic) bond motifs is 1. The summed E-state index contributed by atoms with van der Waals surface area (Å²) in [6, 6.07) is 6.99. The van der Waals surface area contributed by atoms with E-state index in [-0.39, 0.29) is 5.76 Å². The van der Waals surface area contributed by atoms with Crippen molar-refractivity contribution in [1.82, 2.24) is 0 Å². The summed E-state index contributed by atoms with van der Waals surface area (Å²) in [5.74, 6) is -0.312. The monoisotopic (exact) mass is 252 g/mol. The lowest BCUT2D eigenvalue weighted by molar-refractivity contribution is 0.00382. The van der Waals surface area contributed by atoms with E-state index in [0.29, 0.717) is 10.6 Å². The minimum Gasteiger partial charge on any atom is -0.454 e. The molecule has 2 aromatic rings. The smallest absolute Gasteiger partial charge is 0.374 e.